The van der Waals surface area contributed by atoms with Crippen molar-refractivity contribution in [1.29, 1.82) is 0 Å². The third-order valence-electron chi connectivity index (χ3n) is 6.16. The standard InChI is InChI=1S/C24H24N2O3/c1-2-13-28-18-7-8-20-17(14-18)15-21(25-20)23(27)26-11-9-24(10-12-26)16-29-22-6-4-3-5-19(22)24/h2-8,14-15,25H,1,9-13,16H2. The smallest absolute Gasteiger partial charge is 0.270 e. The lowest BCUT2D eigenvalue weighted by Crippen LogP contribution is -2.46. The number of nitrogens with zero attached hydrogens (tertiary/aromatic N) is 1. The molecule has 3 aromatic rings. The molecule has 1 aromatic heterocycles. The van der Waals surface area contributed by atoms with Crippen molar-refractivity contribution < 1.29 is 14.3 Å². The van der Waals surface area contributed by atoms with E-state index in [-0.39, 0.29) is 11.3 Å². The number of H-pyrrole nitrogens is 1. The number of hydrogen-bond acceptors (Lipinski definition) is 3. The minimum atomic E-state index is 0.0468. The number of fused-ring (bicyclic) bond motifs is 3. The molecule has 2 aliphatic rings. The maximum absolute atomic E-state index is 13.1. The van der Waals surface area contributed by atoms with Gasteiger partial charge < -0.3 is 19.4 Å². The lowest BCUT2D eigenvalue weighted by atomic mass is 9.74. The van der Waals surface area contributed by atoms with E-state index < -0.39 is 0 Å². The lowest BCUT2D eigenvalue weighted by molar-refractivity contribution is 0.0642. The summed E-state index contributed by atoms with van der Waals surface area (Å²) in [4.78, 5) is 18.3. The Bertz CT molecular complexity index is 1080. The molecule has 1 amide bonds. The highest BCUT2D eigenvalue weighted by Crippen LogP contribution is 2.45. The van der Waals surface area contributed by atoms with E-state index in [0.717, 1.165) is 48.3 Å². The molecule has 1 spiro atoms. The average molecular weight is 388 g/mol. The molecule has 0 atom stereocenters. The summed E-state index contributed by atoms with van der Waals surface area (Å²) in [6.45, 7) is 6.32. The van der Waals surface area contributed by atoms with Crippen LogP contribution in [0.3, 0.4) is 0 Å². The van der Waals surface area contributed by atoms with Crippen LogP contribution in [0.5, 0.6) is 11.5 Å². The van der Waals surface area contributed by atoms with E-state index in [9.17, 15) is 4.79 Å². The van der Waals surface area contributed by atoms with Crippen LogP contribution in [0.15, 0.2) is 61.2 Å². The number of para-hydroxylation sites is 1. The molecule has 0 saturated carbocycles. The molecule has 2 aromatic carbocycles. The van der Waals surface area contributed by atoms with Crippen molar-refractivity contribution >= 4 is 16.8 Å². The minimum Gasteiger partial charge on any atom is -0.492 e. The van der Waals surface area contributed by atoms with Crippen molar-refractivity contribution in [3.63, 3.8) is 0 Å². The summed E-state index contributed by atoms with van der Waals surface area (Å²) in [5.74, 6) is 1.82. The van der Waals surface area contributed by atoms with Crippen LogP contribution in [0.2, 0.25) is 0 Å². The van der Waals surface area contributed by atoms with Gasteiger partial charge in [-0.2, -0.15) is 0 Å². The van der Waals surface area contributed by atoms with Crippen molar-refractivity contribution in [2.24, 2.45) is 0 Å². The van der Waals surface area contributed by atoms with Gasteiger partial charge in [0.25, 0.3) is 5.91 Å². The summed E-state index contributed by atoms with van der Waals surface area (Å²) in [6.07, 6.45) is 3.57. The van der Waals surface area contributed by atoms with E-state index in [0.29, 0.717) is 18.9 Å². The molecule has 1 fully saturated rings. The van der Waals surface area contributed by atoms with Crippen LogP contribution in [0.25, 0.3) is 10.9 Å². The molecule has 3 heterocycles. The van der Waals surface area contributed by atoms with E-state index in [1.807, 2.05) is 41.3 Å². The molecule has 0 unspecified atom stereocenters. The number of piperidine rings is 1. The molecule has 5 heteroatoms. The van der Waals surface area contributed by atoms with E-state index in [4.69, 9.17) is 9.47 Å². The monoisotopic (exact) mass is 388 g/mol. The van der Waals surface area contributed by atoms with Gasteiger partial charge in [-0.25, -0.2) is 0 Å². The van der Waals surface area contributed by atoms with Crippen LogP contribution in [0.4, 0.5) is 0 Å². The number of aromatic amines is 1. The highest BCUT2D eigenvalue weighted by atomic mass is 16.5. The molecule has 1 saturated heterocycles. The number of hydrogen-bond donors (Lipinski definition) is 1. The fraction of sp³-hybridized carbons (Fsp3) is 0.292. The summed E-state index contributed by atoms with van der Waals surface area (Å²) in [7, 11) is 0. The van der Waals surface area contributed by atoms with Gasteiger partial charge in [-0.3, -0.25) is 4.79 Å². The zero-order chi connectivity index (χ0) is 19.8. The fourth-order valence-electron chi connectivity index (χ4n) is 4.52. The fourth-order valence-corrected chi connectivity index (χ4v) is 4.52. The van der Waals surface area contributed by atoms with Crippen LogP contribution in [0.1, 0.15) is 28.9 Å². The van der Waals surface area contributed by atoms with Gasteiger partial charge in [0.1, 0.15) is 23.8 Å². The first-order valence-electron chi connectivity index (χ1n) is 10.1. The third kappa shape index (κ3) is 3.07. The second-order valence-electron chi connectivity index (χ2n) is 7.89. The molecule has 5 rings (SSSR count). The number of carbonyl (C=O) groups is 1. The number of rotatable bonds is 4. The van der Waals surface area contributed by atoms with Gasteiger partial charge in [-0.1, -0.05) is 30.9 Å². The highest BCUT2D eigenvalue weighted by Gasteiger charge is 2.43. The van der Waals surface area contributed by atoms with Crippen LogP contribution in [-0.2, 0) is 5.41 Å². The number of carbonyl (C=O) groups excluding carboxylic acids is 1. The van der Waals surface area contributed by atoms with E-state index in [1.165, 1.54) is 5.56 Å². The molecular weight excluding hydrogens is 364 g/mol. The molecular formula is C24H24N2O3. The predicted octanol–water partition coefficient (Wildman–Crippen LogP) is 4.30. The Labute approximate surface area is 169 Å². The number of ether oxygens (including phenoxy) is 2. The van der Waals surface area contributed by atoms with Crippen LogP contribution in [0, 0.1) is 0 Å². The Morgan fingerprint density at radius 1 is 1.21 bits per heavy atom. The Morgan fingerprint density at radius 3 is 2.86 bits per heavy atom. The van der Waals surface area contributed by atoms with Gasteiger partial charge in [0.2, 0.25) is 0 Å². The van der Waals surface area contributed by atoms with Crippen LogP contribution in [-0.4, -0.2) is 42.1 Å². The van der Waals surface area contributed by atoms with Crippen molar-refractivity contribution in [2.45, 2.75) is 18.3 Å². The number of likely N-dealkylation sites (tertiary alicyclic amines) is 1. The summed E-state index contributed by atoms with van der Waals surface area (Å²) in [5.41, 5.74) is 2.90. The number of benzene rings is 2. The molecule has 0 aliphatic carbocycles. The van der Waals surface area contributed by atoms with Gasteiger partial charge in [-0.15, -0.1) is 0 Å². The SMILES string of the molecule is C=CCOc1ccc2[nH]c(C(=O)N3CCC4(CC3)COc3ccccc34)cc2c1. The first-order valence-corrected chi connectivity index (χ1v) is 10.1. The Kier molecular flexibility index (Phi) is 4.31. The van der Waals surface area contributed by atoms with Gasteiger partial charge >= 0.3 is 0 Å². The molecule has 2 aliphatic heterocycles. The maximum Gasteiger partial charge on any atom is 0.270 e. The van der Waals surface area contributed by atoms with Gasteiger partial charge in [-0.05, 0) is 43.2 Å². The Hall–Kier alpha value is -3.21. The maximum atomic E-state index is 13.1. The van der Waals surface area contributed by atoms with Crippen molar-refractivity contribution in [2.75, 3.05) is 26.3 Å². The van der Waals surface area contributed by atoms with Crippen molar-refractivity contribution in [3.8, 4) is 11.5 Å². The molecule has 0 bridgehead atoms. The van der Waals surface area contributed by atoms with E-state index in [2.05, 4.69) is 23.7 Å². The largest absolute Gasteiger partial charge is 0.492 e. The number of amides is 1. The Balaban J connectivity index is 1.31. The minimum absolute atomic E-state index is 0.0468. The second kappa shape index (κ2) is 6.99. The van der Waals surface area contributed by atoms with E-state index >= 15 is 0 Å². The summed E-state index contributed by atoms with van der Waals surface area (Å²) in [6, 6.07) is 16.0. The number of nitrogens with one attached hydrogen (secondary N) is 1. The predicted molar refractivity (Wildman–Crippen MR) is 113 cm³/mol. The summed E-state index contributed by atoms with van der Waals surface area (Å²) in [5, 5.41) is 0.974. The third-order valence-corrected chi connectivity index (χ3v) is 6.16. The Morgan fingerprint density at radius 2 is 2.03 bits per heavy atom. The normalized spacial score (nSPS) is 17.2. The summed E-state index contributed by atoms with van der Waals surface area (Å²) >= 11 is 0. The topological polar surface area (TPSA) is 54.6 Å². The lowest BCUT2D eigenvalue weighted by Gasteiger charge is -2.38. The molecule has 1 N–H and O–H groups in total. The van der Waals surface area contributed by atoms with Crippen LogP contribution >= 0.6 is 0 Å². The van der Waals surface area contributed by atoms with Crippen molar-refractivity contribution in [3.05, 3.63) is 72.4 Å². The molecule has 148 valence electrons. The second-order valence-corrected chi connectivity index (χ2v) is 7.89. The first kappa shape index (κ1) is 17.9. The molecule has 5 nitrogen and oxygen atoms in total. The zero-order valence-corrected chi connectivity index (χ0v) is 16.3. The first-order chi connectivity index (χ1) is 14.2. The molecule has 29 heavy (non-hydrogen) atoms. The summed E-state index contributed by atoms with van der Waals surface area (Å²) < 4.78 is 11.5. The van der Waals surface area contributed by atoms with Crippen molar-refractivity contribution in [1.82, 2.24) is 9.88 Å². The van der Waals surface area contributed by atoms with Gasteiger partial charge in [0.05, 0.1) is 6.61 Å². The van der Waals surface area contributed by atoms with Crippen LogP contribution < -0.4 is 9.47 Å². The average Bonchev–Trinajstić information content (AvgIpc) is 3.34. The zero-order valence-electron chi connectivity index (χ0n) is 16.3. The quantitative estimate of drug-likeness (QED) is 0.678. The number of aromatic nitrogens is 1. The van der Waals surface area contributed by atoms with Gasteiger partial charge in [0, 0.05) is 35.0 Å². The van der Waals surface area contributed by atoms with Gasteiger partial charge in [0.15, 0.2) is 0 Å². The molecule has 0 radical (unpaired) electrons. The van der Waals surface area contributed by atoms with E-state index in [1.54, 1.807) is 6.08 Å². The highest BCUT2D eigenvalue weighted by molar-refractivity contribution is 5.98.